The summed E-state index contributed by atoms with van der Waals surface area (Å²) < 4.78 is 3.29. The molecule has 1 unspecified atom stereocenters. The number of rotatable bonds is 5. The fraction of sp³-hybridized carbons (Fsp3) is 0.240. The summed E-state index contributed by atoms with van der Waals surface area (Å²) >= 11 is 0. The van der Waals surface area contributed by atoms with Crippen molar-refractivity contribution < 1.29 is 4.79 Å². The van der Waals surface area contributed by atoms with E-state index in [-0.39, 0.29) is 11.5 Å². The van der Waals surface area contributed by atoms with Crippen LogP contribution in [-0.4, -0.2) is 20.3 Å². The highest BCUT2D eigenvalue weighted by atomic mass is 16.2. The molecule has 2 aromatic heterocycles. The number of amides is 1. The van der Waals surface area contributed by atoms with Crippen molar-refractivity contribution in [1.82, 2.24) is 14.3 Å². The van der Waals surface area contributed by atoms with Crippen molar-refractivity contribution in [1.29, 1.82) is 0 Å². The van der Waals surface area contributed by atoms with Crippen molar-refractivity contribution in [2.45, 2.75) is 40.2 Å². The highest BCUT2D eigenvalue weighted by molar-refractivity contribution is 5.95. The number of aromatic nitrogens is 3. The smallest absolute Gasteiger partial charge is 0.253 e. The van der Waals surface area contributed by atoms with Gasteiger partial charge in [-0.25, -0.2) is 4.68 Å². The Morgan fingerprint density at radius 2 is 1.74 bits per heavy atom. The molecule has 4 rings (SSSR count). The van der Waals surface area contributed by atoms with Crippen LogP contribution < -0.4 is 10.9 Å². The average Bonchev–Trinajstić information content (AvgIpc) is 3.12. The fourth-order valence-corrected chi connectivity index (χ4v) is 4.06. The molecule has 0 aliphatic carbocycles. The van der Waals surface area contributed by atoms with Crippen molar-refractivity contribution in [3.63, 3.8) is 0 Å². The Morgan fingerprint density at radius 3 is 2.45 bits per heavy atom. The topological polar surface area (TPSA) is 68.9 Å². The van der Waals surface area contributed by atoms with E-state index in [1.807, 2.05) is 75.4 Å². The lowest BCUT2D eigenvalue weighted by Crippen LogP contribution is -2.32. The molecule has 0 aliphatic heterocycles. The molecule has 0 bridgehead atoms. The Hall–Kier alpha value is -3.67. The SMILES string of the molecule is CCc1ccccc1NC(=O)C(C)n1c(=O)cc(C)c2c(C)nn(-c3ccccc3)c21. The Labute approximate surface area is 181 Å². The molecular weight excluding hydrogens is 388 g/mol. The third-order valence-corrected chi connectivity index (χ3v) is 5.66. The maximum Gasteiger partial charge on any atom is 0.253 e. The van der Waals surface area contributed by atoms with Crippen LogP contribution in [0.25, 0.3) is 16.7 Å². The highest BCUT2D eigenvalue weighted by Gasteiger charge is 2.24. The van der Waals surface area contributed by atoms with Crippen LogP contribution >= 0.6 is 0 Å². The van der Waals surface area contributed by atoms with Gasteiger partial charge in [-0.3, -0.25) is 14.2 Å². The summed E-state index contributed by atoms with van der Waals surface area (Å²) in [6.07, 6.45) is 0.805. The summed E-state index contributed by atoms with van der Waals surface area (Å²) in [4.78, 5) is 26.3. The fourth-order valence-electron chi connectivity index (χ4n) is 4.06. The van der Waals surface area contributed by atoms with Crippen LogP contribution in [0, 0.1) is 13.8 Å². The number of nitrogens with zero attached hydrogens (tertiary/aromatic N) is 3. The molecule has 4 aromatic rings. The van der Waals surface area contributed by atoms with Crippen LogP contribution in [0.3, 0.4) is 0 Å². The zero-order valence-electron chi connectivity index (χ0n) is 18.2. The molecule has 1 atom stereocenters. The highest BCUT2D eigenvalue weighted by Crippen LogP contribution is 2.26. The number of pyridine rings is 1. The van der Waals surface area contributed by atoms with Crippen LogP contribution in [-0.2, 0) is 11.2 Å². The Balaban J connectivity index is 1.87. The van der Waals surface area contributed by atoms with E-state index in [2.05, 4.69) is 5.32 Å². The second-order valence-corrected chi connectivity index (χ2v) is 7.74. The number of anilines is 1. The molecule has 1 N–H and O–H groups in total. The van der Waals surface area contributed by atoms with Gasteiger partial charge < -0.3 is 5.32 Å². The maximum absolute atomic E-state index is 13.2. The maximum atomic E-state index is 13.2. The number of carbonyl (C=O) groups is 1. The summed E-state index contributed by atoms with van der Waals surface area (Å²) in [6.45, 7) is 7.62. The molecule has 6 heteroatoms. The predicted molar refractivity (Wildman–Crippen MR) is 124 cm³/mol. The van der Waals surface area contributed by atoms with E-state index < -0.39 is 6.04 Å². The van der Waals surface area contributed by atoms with Gasteiger partial charge in [-0.1, -0.05) is 43.3 Å². The number of fused-ring (bicyclic) bond motifs is 1. The molecule has 0 saturated carbocycles. The van der Waals surface area contributed by atoms with Gasteiger partial charge in [0.05, 0.1) is 11.4 Å². The predicted octanol–water partition coefficient (Wildman–Crippen LogP) is 4.57. The molecule has 0 aliphatic rings. The normalized spacial score (nSPS) is 12.1. The summed E-state index contributed by atoms with van der Waals surface area (Å²) in [5.41, 5.74) is 4.71. The third kappa shape index (κ3) is 3.65. The molecule has 6 nitrogen and oxygen atoms in total. The average molecular weight is 415 g/mol. The van der Waals surface area contributed by atoms with Crippen molar-refractivity contribution >= 4 is 22.6 Å². The van der Waals surface area contributed by atoms with Gasteiger partial charge in [-0.05, 0) is 56.5 Å². The zero-order chi connectivity index (χ0) is 22.1. The second-order valence-electron chi connectivity index (χ2n) is 7.74. The van der Waals surface area contributed by atoms with Crippen LogP contribution in [0.2, 0.25) is 0 Å². The van der Waals surface area contributed by atoms with E-state index in [1.54, 1.807) is 22.2 Å². The number of hydrogen-bond donors (Lipinski definition) is 1. The standard InChI is InChI=1S/C25H26N4O2/c1-5-19-11-9-10-14-21(19)26-24(31)18(4)28-22(30)15-16(2)23-17(3)27-29(25(23)28)20-12-7-6-8-13-20/h6-15,18H,5H2,1-4H3,(H,26,31). The number of nitrogens with one attached hydrogen (secondary N) is 1. The van der Waals surface area contributed by atoms with Gasteiger partial charge in [0, 0.05) is 17.1 Å². The molecule has 2 aromatic carbocycles. The monoisotopic (exact) mass is 414 g/mol. The molecular formula is C25H26N4O2. The van der Waals surface area contributed by atoms with E-state index >= 15 is 0 Å². The van der Waals surface area contributed by atoms with Gasteiger partial charge in [0.15, 0.2) is 0 Å². The summed E-state index contributed by atoms with van der Waals surface area (Å²) in [7, 11) is 0. The number of carbonyl (C=O) groups excluding carboxylic acids is 1. The summed E-state index contributed by atoms with van der Waals surface area (Å²) in [6, 6.07) is 18.2. The molecule has 0 fully saturated rings. The van der Waals surface area contributed by atoms with E-state index in [0.717, 1.165) is 40.0 Å². The first-order valence-corrected chi connectivity index (χ1v) is 10.5. The quantitative estimate of drug-likeness (QED) is 0.520. The molecule has 2 heterocycles. The number of hydrogen-bond acceptors (Lipinski definition) is 3. The molecule has 31 heavy (non-hydrogen) atoms. The van der Waals surface area contributed by atoms with Gasteiger partial charge in [0.1, 0.15) is 11.7 Å². The summed E-state index contributed by atoms with van der Waals surface area (Å²) in [5, 5.41) is 8.59. The molecule has 158 valence electrons. The zero-order valence-corrected chi connectivity index (χ0v) is 18.2. The van der Waals surface area contributed by atoms with Crippen molar-refractivity contribution in [3.8, 4) is 5.69 Å². The molecule has 0 spiro atoms. The van der Waals surface area contributed by atoms with Gasteiger partial charge in [-0.2, -0.15) is 5.10 Å². The largest absolute Gasteiger partial charge is 0.324 e. The molecule has 0 radical (unpaired) electrons. The minimum absolute atomic E-state index is 0.228. The lowest BCUT2D eigenvalue weighted by atomic mass is 10.1. The number of para-hydroxylation sites is 2. The third-order valence-electron chi connectivity index (χ3n) is 5.66. The van der Waals surface area contributed by atoms with E-state index in [0.29, 0.717) is 5.65 Å². The van der Waals surface area contributed by atoms with Gasteiger partial charge >= 0.3 is 0 Å². The molecule has 1 amide bonds. The Kier molecular flexibility index (Phi) is 5.46. The molecule has 0 saturated heterocycles. The first kappa shape index (κ1) is 20.6. The first-order chi connectivity index (χ1) is 14.9. The summed E-state index contributed by atoms with van der Waals surface area (Å²) in [5.74, 6) is -0.244. The van der Waals surface area contributed by atoms with E-state index in [4.69, 9.17) is 5.10 Å². The number of benzene rings is 2. The Bertz CT molecular complexity index is 1320. The Morgan fingerprint density at radius 1 is 1.06 bits per heavy atom. The lowest BCUT2D eigenvalue weighted by Gasteiger charge is -2.19. The van der Waals surface area contributed by atoms with Crippen LogP contribution in [0.15, 0.2) is 65.5 Å². The van der Waals surface area contributed by atoms with Crippen LogP contribution in [0.5, 0.6) is 0 Å². The van der Waals surface area contributed by atoms with Gasteiger partial charge in [-0.15, -0.1) is 0 Å². The minimum Gasteiger partial charge on any atom is -0.324 e. The van der Waals surface area contributed by atoms with Crippen molar-refractivity contribution in [3.05, 3.63) is 87.8 Å². The van der Waals surface area contributed by atoms with Gasteiger partial charge in [0.2, 0.25) is 5.91 Å². The van der Waals surface area contributed by atoms with Gasteiger partial charge in [0.25, 0.3) is 5.56 Å². The van der Waals surface area contributed by atoms with E-state index in [1.165, 1.54) is 0 Å². The minimum atomic E-state index is -0.723. The number of aryl methyl sites for hydroxylation is 3. The first-order valence-electron chi connectivity index (χ1n) is 10.5. The van der Waals surface area contributed by atoms with Crippen molar-refractivity contribution in [2.24, 2.45) is 0 Å². The second kappa shape index (κ2) is 8.22. The van der Waals surface area contributed by atoms with E-state index in [9.17, 15) is 9.59 Å². The lowest BCUT2D eigenvalue weighted by molar-refractivity contribution is -0.118. The van der Waals surface area contributed by atoms with Crippen LogP contribution in [0.1, 0.15) is 36.7 Å². The van der Waals surface area contributed by atoms with Crippen molar-refractivity contribution in [2.75, 3.05) is 5.32 Å². The van der Waals surface area contributed by atoms with Crippen LogP contribution in [0.4, 0.5) is 5.69 Å².